The van der Waals surface area contributed by atoms with Gasteiger partial charge in [0.05, 0.1) is 16.4 Å². The van der Waals surface area contributed by atoms with Gasteiger partial charge in [0.25, 0.3) is 0 Å². The summed E-state index contributed by atoms with van der Waals surface area (Å²) in [4.78, 5) is 15.6. The molecule has 0 bridgehead atoms. The summed E-state index contributed by atoms with van der Waals surface area (Å²) in [5.74, 6) is 1.95. The van der Waals surface area contributed by atoms with E-state index in [1.807, 2.05) is 42.6 Å². The van der Waals surface area contributed by atoms with Crippen molar-refractivity contribution >= 4 is 33.1 Å². The average Bonchev–Trinajstić information content (AvgIpc) is 3.72. The molecule has 5 nitrogen and oxygen atoms in total. The minimum atomic E-state index is -0.825. The maximum absolute atomic E-state index is 5.26. The van der Waals surface area contributed by atoms with Gasteiger partial charge in [0.1, 0.15) is 0 Å². The van der Waals surface area contributed by atoms with Crippen LogP contribution in [0, 0.1) is 27.7 Å². The first-order chi connectivity index (χ1) is 32.9. The van der Waals surface area contributed by atoms with E-state index in [1.54, 1.807) is 0 Å². The molecule has 1 unspecified atom stereocenters. The Kier molecular flexibility index (Phi) is 10.6. The maximum atomic E-state index is 5.26. The van der Waals surface area contributed by atoms with Crippen LogP contribution in [0.2, 0.25) is 0 Å². The van der Waals surface area contributed by atoms with Crippen LogP contribution >= 0.6 is 0 Å². The summed E-state index contributed by atoms with van der Waals surface area (Å²) >= 11 is 0. The maximum Gasteiger partial charge on any atom is 0.164 e. The molecule has 0 spiro atoms. The number of allylic oxidation sites excluding steroid dienone is 5. The van der Waals surface area contributed by atoms with Crippen molar-refractivity contribution in [3.63, 3.8) is 0 Å². The van der Waals surface area contributed by atoms with Crippen LogP contribution in [0.25, 0.3) is 67.2 Å². The van der Waals surface area contributed by atoms with Gasteiger partial charge < -0.3 is 9.88 Å². The van der Waals surface area contributed by atoms with Crippen molar-refractivity contribution in [2.45, 2.75) is 33.1 Å². The molecule has 0 aliphatic carbocycles. The molecule has 10 aromatic rings. The third kappa shape index (κ3) is 6.99. The van der Waals surface area contributed by atoms with E-state index in [9.17, 15) is 0 Å². The van der Waals surface area contributed by atoms with E-state index < -0.39 is 5.41 Å². The second-order valence-corrected chi connectivity index (χ2v) is 17.3. The highest BCUT2D eigenvalue weighted by molar-refractivity contribution is 6.10. The number of hydrogen-bond donors (Lipinski definition) is 1. The average molecular weight is 864 g/mol. The van der Waals surface area contributed by atoms with Crippen LogP contribution in [0.15, 0.2) is 219 Å². The first kappa shape index (κ1) is 41.3. The number of hydrogen-bond acceptors (Lipinski definition) is 4. The van der Waals surface area contributed by atoms with Crippen molar-refractivity contribution in [3.05, 3.63) is 263 Å². The second-order valence-electron chi connectivity index (χ2n) is 17.3. The van der Waals surface area contributed by atoms with E-state index in [0.717, 1.165) is 61.4 Å². The van der Waals surface area contributed by atoms with E-state index in [1.165, 1.54) is 38.6 Å². The molecular weight excluding hydrogens is 815 g/mol. The standard InChI is InChI=1S/C62H49N5/c1-41-43(3)58(61-65-59(45-24-10-5-11-25-45)64-60(66-61)46-26-12-6-13-27-46)44(4)42(2)57(41)53-34-18-9-23-39-63-54-35-21-20-33-52(54)62(53,47-28-14-7-15-29-47)48-37-38-56-51(40-48)50-32-19-22-36-55(50)67(56)49-30-16-8-17-31-49/h5-40,63H,1-4H3/b18-9-,39-23+,53-34+. The van der Waals surface area contributed by atoms with E-state index in [-0.39, 0.29) is 0 Å². The smallest absolute Gasteiger partial charge is 0.164 e. The molecule has 0 saturated heterocycles. The predicted octanol–water partition coefficient (Wildman–Crippen LogP) is 15.1. The molecule has 0 saturated carbocycles. The molecule has 1 N–H and O–H groups in total. The number of aromatic nitrogens is 4. The van der Waals surface area contributed by atoms with E-state index in [0.29, 0.717) is 17.5 Å². The molecule has 0 radical (unpaired) electrons. The van der Waals surface area contributed by atoms with Crippen LogP contribution < -0.4 is 5.32 Å². The molecule has 3 heterocycles. The summed E-state index contributed by atoms with van der Waals surface area (Å²) in [6.07, 6.45) is 10.8. The Morgan fingerprint density at radius 1 is 0.433 bits per heavy atom. The van der Waals surface area contributed by atoms with E-state index >= 15 is 0 Å². The van der Waals surface area contributed by atoms with Gasteiger partial charge >= 0.3 is 0 Å². The Labute approximate surface area is 392 Å². The summed E-state index contributed by atoms with van der Waals surface area (Å²) in [5.41, 5.74) is 17.0. The van der Waals surface area contributed by atoms with Gasteiger partial charge in [0.15, 0.2) is 17.5 Å². The van der Waals surface area contributed by atoms with Crippen molar-refractivity contribution in [3.8, 4) is 39.9 Å². The lowest BCUT2D eigenvalue weighted by Gasteiger charge is -2.41. The van der Waals surface area contributed by atoms with Crippen LogP contribution in [0.5, 0.6) is 0 Å². The van der Waals surface area contributed by atoms with Crippen molar-refractivity contribution < 1.29 is 0 Å². The Morgan fingerprint density at radius 3 is 1.64 bits per heavy atom. The quantitative estimate of drug-likeness (QED) is 0.173. The highest BCUT2D eigenvalue weighted by Gasteiger charge is 2.44. The Bertz CT molecular complexity index is 3480. The lowest BCUT2D eigenvalue weighted by atomic mass is 9.61. The molecule has 1 atom stereocenters. The molecular formula is C62H49N5. The summed E-state index contributed by atoms with van der Waals surface area (Å²) in [6.45, 7) is 9.02. The zero-order valence-corrected chi connectivity index (χ0v) is 38.1. The Balaban J connectivity index is 1.23. The van der Waals surface area contributed by atoms with Gasteiger partial charge in [-0.15, -0.1) is 0 Å². The summed E-state index contributed by atoms with van der Waals surface area (Å²) in [6, 6.07) is 66.9. The largest absolute Gasteiger partial charge is 0.361 e. The molecule has 1 aliphatic rings. The summed E-state index contributed by atoms with van der Waals surface area (Å²) < 4.78 is 2.39. The van der Waals surface area contributed by atoms with Gasteiger partial charge in [0.2, 0.25) is 0 Å². The zero-order valence-electron chi connectivity index (χ0n) is 38.1. The first-order valence-electron chi connectivity index (χ1n) is 23.0. The Morgan fingerprint density at radius 2 is 0.970 bits per heavy atom. The molecule has 2 aromatic heterocycles. The summed E-state index contributed by atoms with van der Waals surface area (Å²) in [5, 5.41) is 6.12. The monoisotopic (exact) mass is 863 g/mol. The van der Waals surface area contributed by atoms with Crippen LogP contribution in [0.3, 0.4) is 0 Å². The topological polar surface area (TPSA) is 55.6 Å². The fraction of sp³-hybridized carbons (Fsp3) is 0.0806. The number of nitrogens with one attached hydrogen (secondary N) is 1. The number of nitrogens with zero attached hydrogens (tertiary/aromatic N) is 4. The van der Waals surface area contributed by atoms with Gasteiger partial charge in [-0.05, 0) is 120 Å². The lowest BCUT2D eigenvalue weighted by Crippen LogP contribution is -2.33. The zero-order chi connectivity index (χ0) is 45.5. The molecule has 11 rings (SSSR count). The van der Waals surface area contributed by atoms with Crippen LogP contribution in [-0.2, 0) is 5.41 Å². The lowest BCUT2D eigenvalue weighted by molar-refractivity contribution is 0.801. The highest BCUT2D eigenvalue weighted by atomic mass is 15.0. The van der Waals surface area contributed by atoms with Crippen molar-refractivity contribution in [2.75, 3.05) is 5.32 Å². The van der Waals surface area contributed by atoms with Crippen LogP contribution in [0.1, 0.15) is 44.5 Å². The number of anilines is 1. The second kappa shape index (κ2) is 17.2. The molecule has 0 fully saturated rings. The number of benzene rings is 8. The normalized spacial score (nSPS) is 16.4. The minimum Gasteiger partial charge on any atom is -0.361 e. The number of fused-ring (bicyclic) bond motifs is 4. The minimum absolute atomic E-state index is 0.645. The van der Waals surface area contributed by atoms with Gasteiger partial charge in [-0.2, -0.15) is 0 Å². The van der Waals surface area contributed by atoms with E-state index in [2.05, 4.69) is 214 Å². The molecule has 67 heavy (non-hydrogen) atoms. The third-order valence-electron chi connectivity index (χ3n) is 13.7. The fourth-order valence-electron chi connectivity index (χ4n) is 10.4. The van der Waals surface area contributed by atoms with Gasteiger partial charge in [0, 0.05) is 45.0 Å². The van der Waals surface area contributed by atoms with Gasteiger partial charge in [-0.25, -0.2) is 15.0 Å². The Hall–Kier alpha value is -8.41. The van der Waals surface area contributed by atoms with Crippen molar-refractivity contribution in [1.29, 1.82) is 0 Å². The van der Waals surface area contributed by atoms with Crippen molar-refractivity contribution in [2.24, 2.45) is 0 Å². The number of rotatable bonds is 7. The van der Waals surface area contributed by atoms with E-state index in [4.69, 9.17) is 15.0 Å². The molecule has 8 aromatic carbocycles. The van der Waals surface area contributed by atoms with Crippen LogP contribution in [0.4, 0.5) is 5.69 Å². The molecule has 0 amide bonds. The van der Waals surface area contributed by atoms with Gasteiger partial charge in [-0.3, -0.25) is 0 Å². The number of para-hydroxylation sites is 3. The fourth-order valence-corrected chi connectivity index (χ4v) is 10.4. The van der Waals surface area contributed by atoms with Gasteiger partial charge in [-0.1, -0.05) is 170 Å². The third-order valence-corrected chi connectivity index (χ3v) is 13.7. The van der Waals surface area contributed by atoms with Crippen molar-refractivity contribution in [1.82, 2.24) is 19.5 Å². The SMILES string of the molecule is Cc1c(C)c(-c2nc(-c3ccccc3)nc(-c3ccccc3)n2)c(C)c(C)c1\C1=C/C=C\C=C\Nc2ccccc2C1(c1ccccc1)c1ccc2c(c1)c1ccccc1n2-c1ccccc1. The van der Waals surface area contributed by atoms with Crippen LogP contribution in [-0.4, -0.2) is 19.5 Å². The molecule has 1 aliphatic heterocycles. The molecule has 5 heteroatoms. The predicted molar refractivity (Wildman–Crippen MR) is 279 cm³/mol. The first-order valence-corrected chi connectivity index (χ1v) is 23.0. The molecule has 322 valence electrons. The summed E-state index contributed by atoms with van der Waals surface area (Å²) in [7, 11) is 0. The highest BCUT2D eigenvalue weighted by Crippen LogP contribution is 2.55.